The van der Waals surface area contributed by atoms with Crippen molar-refractivity contribution < 1.29 is 18.0 Å². The van der Waals surface area contributed by atoms with Gasteiger partial charge in [-0.1, -0.05) is 30.3 Å². The van der Waals surface area contributed by atoms with Gasteiger partial charge in [-0.25, -0.2) is 4.98 Å². The SMILES string of the molecule is O=C(CCNCc1ccc(Cc2ccc(C(F)(F)F)cc2)s1)N1CCc2nc(SC3CCC3)n(-c3ccc(S)cc3)c(=O)c2C1. The molecule has 1 N–H and O–H groups in total. The number of hydrogen-bond donors (Lipinski definition) is 2. The Morgan fingerprint density at radius 2 is 1.78 bits per heavy atom. The number of aromatic nitrogens is 2. The van der Waals surface area contributed by atoms with Crippen molar-refractivity contribution in [3.05, 3.63) is 103 Å². The Morgan fingerprint density at radius 3 is 2.47 bits per heavy atom. The Morgan fingerprint density at radius 1 is 1.04 bits per heavy atom. The third kappa shape index (κ3) is 7.67. The molecule has 2 aromatic carbocycles. The molecule has 0 spiro atoms. The lowest BCUT2D eigenvalue weighted by atomic mass is 10.0. The number of hydrogen-bond acceptors (Lipinski definition) is 7. The Bertz CT molecular complexity index is 1720. The molecule has 2 aliphatic rings. The average Bonchev–Trinajstić information content (AvgIpc) is 3.44. The molecule has 3 heterocycles. The van der Waals surface area contributed by atoms with Gasteiger partial charge in [0.05, 0.1) is 29.1 Å². The number of thiophene rings is 1. The minimum Gasteiger partial charge on any atom is -0.338 e. The first kappa shape index (κ1) is 31.9. The third-order valence-corrected chi connectivity index (χ3v) is 10.8. The standard InChI is InChI=1S/C33H33F3N4O2S3/c34-33(35,36)22-6-4-21(5-7-22)18-26-12-13-27(44-26)19-37-16-14-30(41)39-17-15-29-28(20-39)31(42)40(23-8-10-24(43)11-9-23)32(38-29)45-25-2-1-3-25/h4-13,25,37,43H,1-3,14-20H2. The van der Waals surface area contributed by atoms with E-state index in [1.54, 1.807) is 32.6 Å². The maximum atomic E-state index is 13.9. The second-order valence-corrected chi connectivity index (χ2v) is 14.4. The summed E-state index contributed by atoms with van der Waals surface area (Å²) in [6, 6.07) is 16.7. The molecule has 12 heteroatoms. The molecule has 1 amide bonds. The summed E-state index contributed by atoms with van der Waals surface area (Å²) in [5, 5.41) is 4.52. The highest BCUT2D eigenvalue weighted by atomic mass is 32.2. The van der Waals surface area contributed by atoms with Gasteiger partial charge in [0.2, 0.25) is 5.91 Å². The van der Waals surface area contributed by atoms with E-state index in [2.05, 4.69) is 17.9 Å². The van der Waals surface area contributed by atoms with Crippen LogP contribution in [0.15, 0.2) is 75.5 Å². The predicted molar refractivity (Wildman–Crippen MR) is 175 cm³/mol. The Hall–Kier alpha value is -3.06. The summed E-state index contributed by atoms with van der Waals surface area (Å²) in [5.74, 6) is -0.0133. The largest absolute Gasteiger partial charge is 0.416 e. The molecule has 45 heavy (non-hydrogen) atoms. The monoisotopic (exact) mass is 670 g/mol. The number of thioether (sulfide) groups is 1. The summed E-state index contributed by atoms with van der Waals surface area (Å²) < 4.78 is 40.2. The number of fused-ring (bicyclic) bond motifs is 1. The first-order chi connectivity index (χ1) is 21.6. The van der Waals surface area contributed by atoms with Gasteiger partial charge in [-0.05, 0) is 66.9 Å². The second-order valence-electron chi connectivity index (χ2n) is 11.4. The van der Waals surface area contributed by atoms with E-state index in [0.717, 1.165) is 61.7 Å². The number of nitrogens with zero attached hydrogens (tertiary/aromatic N) is 3. The van der Waals surface area contributed by atoms with E-state index in [1.165, 1.54) is 18.6 Å². The number of alkyl halides is 3. The summed E-state index contributed by atoms with van der Waals surface area (Å²) in [6.07, 6.45) is 0.536. The lowest BCUT2D eigenvalue weighted by molar-refractivity contribution is -0.137. The summed E-state index contributed by atoms with van der Waals surface area (Å²) in [7, 11) is 0. The van der Waals surface area contributed by atoms with Crippen LogP contribution in [-0.2, 0) is 36.9 Å². The zero-order valence-electron chi connectivity index (χ0n) is 24.5. The Labute approximate surface area is 273 Å². The van der Waals surface area contributed by atoms with Crippen molar-refractivity contribution in [1.29, 1.82) is 0 Å². The van der Waals surface area contributed by atoms with Gasteiger partial charge in [-0.3, -0.25) is 14.2 Å². The molecule has 1 aliphatic carbocycles. The van der Waals surface area contributed by atoms with Crippen molar-refractivity contribution in [2.75, 3.05) is 13.1 Å². The van der Waals surface area contributed by atoms with Gasteiger partial charge in [-0.2, -0.15) is 13.2 Å². The molecule has 1 fully saturated rings. The first-order valence-corrected chi connectivity index (χ1v) is 17.1. The predicted octanol–water partition coefficient (Wildman–Crippen LogP) is 6.90. The minimum atomic E-state index is -4.34. The molecule has 2 aromatic heterocycles. The normalized spacial score (nSPS) is 15.2. The average molecular weight is 671 g/mol. The van der Waals surface area contributed by atoms with Crippen molar-refractivity contribution in [2.24, 2.45) is 0 Å². The number of carbonyl (C=O) groups excluding carboxylic acids is 1. The van der Waals surface area contributed by atoms with Crippen molar-refractivity contribution in [1.82, 2.24) is 19.8 Å². The van der Waals surface area contributed by atoms with Gasteiger partial charge in [0.1, 0.15) is 0 Å². The van der Waals surface area contributed by atoms with E-state index in [-0.39, 0.29) is 18.0 Å². The molecule has 6 rings (SSSR count). The molecule has 236 valence electrons. The number of nitrogens with one attached hydrogen (secondary N) is 1. The van der Waals surface area contributed by atoms with Crippen LogP contribution in [0.5, 0.6) is 0 Å². The van der Waals surface area contributed by atoms with E-state index < -0.39 is 11.7 Å². The Balaban J connectivity index is 1.04. The summed E-state index contributed by atoms with van der Waals surface area (Å²) in [6.45, 7) is 1.86. The molecule has 4 aromatic rings. The molecular weight excluding hydrogens is 638 g/mol. The number of thiol groups is 1. The maximum Gasteiger partial charge on any atom is 0.416 e. The highest BCUT2D eigenvalue weighted by Crippen LogP contribution is 2.36. The number of amides is 1. The van der Waals surface area contributed by atoms with Crippen molar-refractivity contribution >= 4 is 41.6 Å². The first-order valence-electron chi connectivity index (χ1n) is 15.0. The molecule has 0 atom stereocenters. The third-order valence-electron chi connectivity index (χ3n) is 8.18. The topological polar surface area (TPSA) is 67.2 Å². The van der Waals surface area contributed by atoms with Crippen molar-refractivity contribution in [3.8, 4) is 5.69 Å². The number of halogens is 3. The fraction of sp³-hybridized carbons (Fsp3) is 0.364. The van der Waals surface area contributed by atoms with Crippen LogP contribution in [0.3, 0.4) is 0 Å². The van der Waals surface area contributed by atoms with Crippen LogP contribution in [-0.4, -0.2) is 38.7 Å². The molecule has 1 saturated carbocycles. The van der Waals surface area contributed by atoms with Crippen LogP contribution in [0.25, 0.3) is 5.69 Å². The van der Waals surface area contributed by atoms with Gasteiger partial charge >= 0.3 is 6.18 Å². The van der Waals surface area contributed by atoms with Crippen LogP contribution in [0.4, 0.5) is 13.2 Å². The Kier molecular flexibility index (Phi) is 9.74. The van der Waals surface area contributed by atoms with Crippen molar-refractivity contribution in [3.63, 3.8) is 0 Å². The smallest absolute Gasteiger partial charge is 0.338 e. The van der Waals surface area contributed by atoms with Gasteiger partial charge in [0.25, 0.3) is 5.56 Å². The number of carbonyl (C=O) groups is 1. The molecule has 0 unspecified atom stereocenters. The summed E-state index contributed by atoms with van der Waals surface area (Å²) in [5.41, 5.74) is 2.17. The fourth-order valence-electron chi connectivity index (χ4n) is 5.40. The van der Waals surface area contributed by atoms with Gasteiger partial charge in [0.15, 0.2) is 5.16 Å². The van der Waals surface area contributed by atoms with Gasteiger partial charge in [-0.15, -0.1) is 24.0 Å². The van der Waals surface area contributed by atoms with Crippen LogP contribution in [0, 0.1) is 0 Å². The van der Waals surface area contributed by atoms with E-state index in [1.807, 2.05) is 36.4 Å². The lowest BCUT2D eigenvalue weighted by Gasteiger charge is -2.30. The minimum absolute atomic E-state index is 0.0133. The highest BCUT2D eigenvalue weighted by molar-refractivity contribution is 7.99. The lowest BCUT2D eigenvalue weighted by Crippen LogP contribution is -2.42. The molecule has 0 bridgehead atoms. The molecule has 1 aliphatic heterocycles. The zero-order chi connectivity index (χ0) is 31.6. The van der Waals surface area contributed by atoms with E-state index in [0.29, 0.717) is 49.7 Å². The zero-order valence-corrected chi connectivity index (χ0v) is 27.0. The van der Waals surface area contributed by atoms with Crippen LogP contribution >= 0.6 is 35.7 Å². The van der Waals surface area contributed by atoms with Gasteiger partial charge < -0.3 is 10.2 Å². The quantitative estimate of drug-likeness (QED) is 0.109. The number of rotatable bonds is 10. The summed E-state index contributed by atoms with van der Waals surface area (Å²) >= 11 is 7.66. The summed E-state index contributed by atoms with van der Waals surface area (Å²) in [4.78, 5) is 36.7. The molecular formula is C33H33F3N4O2S3. The van der Waals surface area contributed by atoms with E-state index >= 15 is 0 Å². The second kappa shape index (κ2) is 13.7. The fourth-order valence-corrected chi connectivity index (χ4v) is 7.90. The van der Waals surface area contributed by atoms with Crippen LogP contribution < -0.4 is 10.9 Å². The van der Waals surface area contributed by atoms with Crippen LogP contribution in [0.1, 0.15) is 57.8 Å². The van der Waals surface area contributed by atoms with Gasteiger partial charge in [0, 0.05) is 58.8 Å². The molecule has 0 radical (unpaired) electrons. The van der Waals surface area contributed by atoms with E-state index in [9.17, 15) is 22.8 Å². The molecule has 6 nitrogen and oxygen atoms in total. The van der Waals surface area contributed by atoms with E-state index in [4.69, 9.17) is 4.98 Å². The highest BCUT2D eigenvalue weighted by Gasteiger charge is 2.30. The van der Waals surface area contributed by atoms with Crippen LogP contribution in [0.2, 0.25) is 0 Å². The molecule has 0 saturated heterocycles. The number of benzene rings is 2. The maximum absolute atomic E-state index is 13.9. The van der Waals surface area contributed by atoms with Crippen molar-refractivity contribution in [2.45, 2.75) is 73.1 Å².